The molecular formula is C8H7F2N3. The number of benzene rings is 1. The van der Waals surface area contributed by atoms with Crippen LogP contribution in [0.3, 0.4) is 0 Å². The molecule has 0 saturated carbocycles. The minimum absolute atomic E-state index is 0.455. The van der Waals surface area contributed by atoms with Crippen LogP contribution in [-0.2, 0) is 0 Å². The van der Waals surface area contributed by atoms with Gasteiger partial charge in [0.2, 0.25) is 0 Å². The Morgan fingerprint density at radius 3 is 2.62 bits per heavy atom. The van der Waals surface area contributed by atoms with E-state index in [9.17, 15) is 8.78 Å². The number of halogens is 2. The van der Waals surface area contributed by atoms with E-state index in [4.69, 9.17) is 5.53 Å². The van der Waals surface area contributed by atoms with Crippen molar-refractivity contribution in [3.05, 3.63) is 45.8 Å². The van der Waals surface area contributed by atoms with E-state index in [2.05, 4.69) is 10.0 Å². The summed E-state index contributed by atoms with van der Waals surface area (Å²) in [7, 11) is 0. The van der Waals surface area contributed by atoms with Gasteiger partial charge in [0.15, 0.2) is 11.6 Å². The molecule has 0 N–H and O–H groups in total. The Labute approximate surface area is 73.6 Å². The van der Waals surface area contributed by atoms with Crippen molar-refractivity contribution < 1.29 is 8.78 Å². The highest BCUT2D eigenvalue weighted by atomic mass is 19.2. The van der Waals surface area contributed by atoms with Gasteiger partial charge in [-0.25, -0.2) is 8.78 Å². The minimum Gasteiger partial charge on any atom is -0.204 e. The lowest BCUT2D eigenvalue weighted by Gasteiger charge is -2.04. The fraction of sp³-hybridized carbons (Fsp3) is 0.250. The molecule has 1 atom stereocenters. The van der Waals surface area contributed by atoms with Gasteiger partial charge in [0.25, 0.3) is 0 Å². The molecule has 0 aliphatic rings. The van der Waals surface area contributed by atoms with Gasteiger partial charge in [-0.1, -0.05) is 18.1 Å². The maximum absolute atomic E-state index is 12.7. The van der Waals surface area contributed by atoms with E-state index >= 15 is 0 Å². The third-order valence-corrected chi connectivity index (χ3v) is 1.65. The second kappa shape index (κ2) is 3.87. The predicted molar refractivity (Wildman–Crippen MR) is 43.9 cm³/mol. The second-order valence-electron chi connectivity index (χ2n) is 2.55. The molecule has 13 heavy (non-hydrogen) atoms. The lowest BCUT2D eigenvalue weighted by molar-refractivity contribution is 0.506. The summed E-state index contributed by atoms with van der Waals surface area (Å²) in [5, 5.41) is 3.36. The molecule has 0 radical (unpaired) electrons. The van der Waals surface area contributed by atoms with Gasteiger partial charge >= 0.3 is 0 Å². The topological polar surface area (TPSA) is 48.8 Å². The van der Waals surface area contributed by atoms with Crippen LogP contribution in [0, 0.1) is 11.6 Å². The number of hydrogen-bond acceptors (Lipinski definition) is 1. The molecule has 1 rings (SSSR count). The van der Waals surface area contributed by atoms with Crippen molar-refractivity contribution in [2.75, 3.05) is 0 Å². The van der Waals surface area contributed by atoms with Crippen LogP contribution in [0.15, 0.2) is 23.3 Å². The zero-order valence-electron chi connectivity index (χ0n) is 6.91. The van der Waals surface area contributed by atoms with Gasteiger partial charge in [-0.2, -0.15) is 0 Å². The van der Waals surface area contributed by atoms with Crippen LogP contribution in [0.4, 0.5) is 8.78 Å². The fourth-order valence-corrected chi connectivity index (χ4v) is 0.916. The van der Waals surface area contributed by atoms with Gasteiger partial charge < -0.3 is 0 Å². The maximum atomic E-state index is 12.7. The van der Waals surface area contributed by atoms with Gasteiger partial charge in [0.1, 0.15) is 0 Å². The molecule has 0 aliphatic heterocycles. The number of nitrogens with zero attached hydrogens (tertiary/aromatic N) is 3. The first kappa shape index (κ1) is 9.48. The Bertz CT molecular complexity index is 358. The highest BCUT2D eigenvalue weighted by Crippen LogP contribution is 2.18. The molecule has 0 saturated heterocycles. The molecule has 68 valence electrons. The number of rotatable bonds is 2. The fourth-order valence-electron chi connectivity index (χ4n) is 0.916. The van der Waals surface area contributed by atoms with Gasteiger partial charge in [-0.15, -0.1) is 0 Å². The first-order chi connectivity index (χ1) is 6.15. The van der Waals surface area contributed by atoms with E-state index < -0.39 is 17.7 Å². The van der Waals surface area contributed by atoms with Crippen LogP contribution in [-0.4, -0.2) is 0 Å². The second-order valence-corrected chi connectivity index (χ2v) is 2.55. The molecule has 1 aromatic carbocycles. The van der Waals surface area contributed by atoms with Crippen molar-refractivity contribution in [2.45, 2.75) is 13.0 Å². The molecule has 0 unspecified atom stereocenters. The minimum atomic E-state index is -0.933. The highest BCUT2D eigenvalue weighted by molar-refractivity contribution is 5.20. The SMILES string of the molecule is C[C@@H](N=[N+]=[N-])c1ccc(F)c(F)c1. The molecule has 1 aromatic rings. The Morgan fingerprint density at radius 1 is 1.38 bits per heavy atom. The van der Waals surface area contributed by atoms with E-state index in [0.717, 1.165) is 12.1 Å². The Hall–Kier alpha value is -1.61. The molecule has 0 fully saturated rings. The van der Waals surface area contributed by atoms with Crippen molar-refractivity contribution in [1.29, 1.82) is 0 Å². The van der Waals surface area contributed by atoms with Gasteiger partial charge in [-0.05, 0) is 23.2 Å². The average Bonchev–Trinajstić information content (AvgIpc) is 2.10. The van der Waals surface area contributed by atoms with E-state index in [1.807, 2.05) is 0 Å². The van der Waals surface area contributed by atoms with Crippen LogP contribution in [0.2, 0.25) is 0 Å². The molecule has 0 aliphatic carbocycles. The van der Waals surface area contributed by atoms with Crippen LogP contribution in [0.25, 0.3) is 10.4 Å². The lowest BCUT2D eigenvalue weighted by Crippen LogP contribution is -1.91. The highest BCUT2D eigenvalue weighted by Gasteiger charge is 2.06. The largest absolute Gasteiger partial charge is 0.204 e. The summed E-state index contributed by atoms with van der Waals surface area (Å²) in [5.41, 5.74) is 8.57. The first-order valence-electron chi connectivity index (χ1n) is 3.64. The molecule has 0 spiro atoms. The third kappa shape index (κ3) is 2.16. The Kier molecular flexibility index (Phi) is 2.82. The van der Waals surface area contributed by atoms with E-state index in [-0.39, 0.29) is 0 Å². The summed E-state index contributed by atoms with van der Waals surface area (Å²) in [6.45, 7) is 1.60. The maximum Gasteiger partial charge on any atom is 0.159 e. The molecule has 0 amide bonds. The molecule has 5 heteroatoms. The van der Waals surface area contributed by atoms with Gasteiger partial charge in [0, 0.05) is 4.91 Å². The molecule has 0 bridgehead atoms. The molecule has 3 nitrogen and oxygen atoms in total. The normalized spacial score (nSPS) is 11.9. The summed E-state index contributed by atoms with van der Waals surface area (Å²) >= 11 is 0. The van der Waals surface area contributed by atoms with E-state index in [1.54, 1.807) is 6.92 Å². The summed E-state index contributed by atoms with van der Waals surface area (Å²) < 4.78 is 25.1. The van der Waals surface area contributed by atoms with Gasteiger partial charge in [-0.3, -0.25) is 0 Å². The summed E-state index contributed by atoms with van der Waals surface area (Å²) in [5.74, 6) is -1.84. The van der Waals surface area contributed by atoms with Crippen LogP contribution in [0.1, 0.15) is 18.5 Å². The summed E-state index contributed by atoms with van der Waals surface area (Å²) in [6, 6.07) is 2.93. The smallest absolute Gasteiger partial charge is 0.159 e. The first-order valence-corrected chi connectivity index (χ1v) is 3.64. The molecule has 0 aromatic heterocycles. The van der Waals surface area contributed by atoms with Crippen molar-refractivity contribution in [1.82, 2.24) is 0 Å². The Balaban J connectivity index is 3.03. The van der Waals surface area contributed by atoms with Crippen molar-refractivity contribution in [2.24, 2.45) is 5.11 Å². The van der Waals surface area contributed by atoms with E-state index in [0.29, 0.717) is 5.56 Å². The third-order valence-electron chi connectivity index (χ3n) is 1.65. The summed E-state index contributed by atoms with van der Waals surface area (Å²) in [6.07, 6.45) is 0. The van der Waals surface area contributed by atoms with E-state index in [1.165, 1.54) is 6.07 Å². The van der Waals surface area contributed by atoms with Crippen LogP contribution < -0.4 is 0 Å². The number of azide groups is 1. The monoisotopic (exact) mass is 183 g/mol. The van der Waals surface area contributed by atoms with Crippen LogP contribution >= 0.6 is 0 Å². The molecule has 0 heterocycles. The average molecular weight is 183 g/mol. The zero-order valence-corrected chi connectivity index (χ0v) is 6.91. The number of hydrogen-bond donors (Lipinski definition) is 0. The predicted octanol–water partition coefficient (Wildman–Crippen LogP) is 3.34. The molecular weight excluding hydrogens is 176 g/mol. The van der Waals surface area contributed by atoms with Gasteiger partial charge in [0.05, 0.1) is 6.04 Å². The van der Waals surface area contributed by atoms with Crippen molar-refractivity contribution in [3.8, 4) is 0 Å². The standard InChI is InChI=1S/C8H7F2N3/c1-5(12-13-11)6-2-3-7(9)8(10)4-6/h2-5H,1H3/t5-/m1/s1. The summed E-state index contributed by atoms with van der Waals surface area (Å²) in [4.78, 5) is 2.57. The lowest BCUT2D eigenvalue weighted by atomic mass is 10.1. The quantitative estimate of drug-likeness (QED) is 0.383. The van der Waals surface area contributed by atoms with Crippen molar-refractivity contribution >= 4 is 0 Å². The zero-order chi connectivity index (χ0) is 9.84. The Morgan fingerprint density at radius 2 is 2.08 bits per heavy atom. The van der Waals surface area contributed by atoms with Crippen molar-refractivity contribution in [3.63, 3.8) is 0 Å². The van der Waals surface area contributed by atoms with Crippen LogP contribution in [0.5, 0.6) is 0 Å².